The third-order valence-electron chi connectivity index (χ3n) is 2.60. The first-order valence-electron chi connectivity index (χ1n) is 6.06. The van der Waals surface area contributed by atoms with E-state index in [9.17, 15) is 0 Å². The van der Waals surface area contributed by atoms with E-state index in [-0.39, 0.29) is 0 Å². The summed E-state index contributed by atoms with van der Waals surface area (Å²) in [5.74, 6) is 2.15. The molecule has 0 aliphatic heterocycles. The standard InChI is InChI=1S/C13H17ClN4/c1-9(2)13-16-12(17-18-13)7-8-15-11-5-3-10(14)4-6-11/h3-6,9,15H,7-8H2,1-2H3,(H,16,17,18). The second-order valence-electron chi connectivity index (χ2n) is 4.48. The summed E-state index contributed by atoms with van der Waals surface area (Å²) < 4.78 is 0. The molecule has 2 aromatic rings. The van der Waals surface area contributed by atoms with Crippen molar-refractivity contribution in [1.29, 1.82) is 0 Å². The molecule has 0 aliphatic rings. The van der Waals surface area contributed by atoms with Gasteiger partial charge in [-0.2, -0.15) is 5.10 Å². The molecule has 0 spiro atoms. The van der Waals surface area contributed by atoms with Crippen LogP contribution in [-0.2, 0) is 6.42 Å². The molecular weight excluding hydrogens is 248 g/mol. The van der Waals surface area contributed by atoms with Gasteiger partial charge < -0.3 is 5.32 Å². The highest BCUT2D eigenvalue weighted by atomic mass is 35.5. The average molecular weight is 265 g/mol. The van der Waals surface area contributed by atoms with Crippen LogP contribution in [0.2, 0.25) is 5.02 Å². The van der Waals surface area contributed by atoms with Crippen molar-refractivity contribution < 1.29 is 0 Å². The zero-order chi connectivity index (χ0) is 13.0. The van der Waals surface area contributed by atoms with E-state index >= 15 is 0 Å². The van der Waals surface area contributed by atoms with Crippen LogP contribution in [0.25, 0.3) is 0 Å². The van der Waals surface area contributed by atoms with Crippen molar-refractivity contribution in [2.45, 2.75) is 26.2 Å². The molecule has 5 heteroatoms. The fourth-order valence-corrected chi connectivity index (χ4v) is 1.70. The predicted octanol–water partition coefficient (Wildman–Crippen LogP) is 3.24. The van der Waals surface area contributed by atoms with Gasteiger partial charge in [0, 0.05) is 29.6 Å². The van der Waals surface area contributed by atoms with Crippen molar-refractivity contribution in [1.82, 2.24) is 15.2 Å². The maximum absolute atomic E-state index is 5.82. The van der Waals surface area contributed by atoms with Gasteiger partial charge >= 0.3 is 0 Å². The minimum Gasteiger partial charge on any atom is -0.385 e. The zero-order valence-electron chi connectivity index (χ0n) is 10.6. The fourth-order valence-electron chi connectivity index (χ4n) is 1.57. The minimum atomic E-state index is 0.360. The van der Waals surface area contributed by atoms with Gasteiger partial charge in [0.15, 0.2) is 5.82 Å². The second-order valence-corrected chi connectivity index (χ2v) is 4.92. The Bertz CT molecular complexity index is 490. The van der Waals surface area contributed by atoms with Gasteiger partial charge in [-0.25, -0.2) is 4.98 Å². The fraction of sp³-hybridized carbons (Fsp3) is 0.385. The number of anilines is 1. The van der Waals surface area contributed by atoms with Gasteiger partial charge in [0.2, 0.25) is 0 Å². The van der Waals surface area contributed by atoms with Crippen LogP contribution in [0, 0.1) is 0 Å². The predicted molar refractivity (Wildman–Crippen MR) is 74.1 cm³/mol. The van der Waals surface area contributed by atoms with E-state index in [2.05, 4.69) is 34.3 Å². The highest BCUT2D eigenvalue weighted by Crippen LogP contribution is 2.13. The summed E-state index contributed by atoms with van der Waals surface area (Å²) >= 11 is 5.82. The van der Waals surface area contributed by atoms with Gasteiger partial charge in [-0.15, -0.1) is 0 Å². The summed E-state index contributed by atoms with van der Waals surface area (Å²) in [5, 5.41) is 11.2. The van der Waals surface area contributed by atoms with E-state index in [1.807, 2.05) is 24.3 Å². The molecule has 0 saturated heterocycles. The molecule has 0 amide bonds. The highest BCUT2D eigenvalue weighted by Gasteiger charge is 2.06. The number of benzene rings is 1. The van der Waals surface area contributed by atoms with E-state index in [0.29, 0.717) is 5.92 Å². The first-order chi connectivity index (χ1) is 8.65. The molecule has 1 aromatic heterocycles. The molecular formula is C13H17ClN4. The van der Waals surface area contributed by atoms with Crippen LogP contribution in [0.15, 0.2) is 24.3 Å². The number of nitrogens with one attached hydrogen (secondary N) is 2. The molecule has 0 saturated carbocycles. The largest absolute Gasteiger partial charge is 0.385 e. The minimum absolute atomic E-state index is 0.360. The Kier molecular flexibility index (Phi) is 4.20. The van der Waals surface area contributed by atoms with Crippen LogP contribution >= 0.6 is 11.6 Å². The molecule has 1 heterocycles. The Labute approximate surface area is 112 Å². The molecule has 18 heavy (non-hydrogen) atoms. The topological polar surface area (TPSA) is 53.6 Å². The first-order valence-corrected chi connectivity index (χ1v) is 6.43. The van der Waals surface area contributed by atoms with Crippen LogP contribution in [-0.4, -0.2) is 21.7 Å². The molecule has 96 valence electrons. The number of aromatic amines is 1. The number of aromatic nitrogens is 3. The number of nitrogens with zero attached hydrogens (tertiary/aromatic N) is 2. The van der Waals surface area contributed by atoms with Crippen molar-refractivity contribution in [2.75, 3.05) is 11.9 Å². The lowest BCUT2D eigenvalue weighted by Crippen LogP contribution is -2.05. The zero-order valence-corrected chi connectivity index (χ0v) is 11.3. The SMILES string of the molecule is CC(C)c1n[nH]c(CCNc2ccc(Cl)cc2)n1. The Morgan fingerprint density at radius 1 is 1.28 bits per heavy atom. The van der Waals surface area contributed by atoms with Gasteiger partial charge in [-0.3, -0.25) is 5.10 Å². The molecule has 0 bridgehead atoms. The molecule has 0 atom stereocenters. The maximum atomic E-state index is 5.82. The quantitative estimate of drug-likeness (QED) is 0.872. The van der Waals surface area contributed by atoms with Gasteiger partial charge in [-0.1, -0.05) is 25.4 Å². The summed E-state index contributed by atoms with van der Waals surface area (Å²) in [5.41, 5.74) is 1.06. The highest BCUT2D eigenvalue weighted by molar-refractivity contribution is 6.30. The Hall–Kier alpha value is -1.55. The Balaban J connectivity index is 1.82. The van der Waals surface area contributed by atoms with E-state index in [4.69, 9.17) is 11.6 Å². The molecule has 1 aromatic carbocycles. The summed E-state index contributed by atoms with van der Waals surface area (Å²) in [6.45, 7) is 4.98. The van der Waals surface area contributed by atoms with Crippen molar-refractivity contribution >= 4 is 17.3 Å². The average Bonchev–Trinajstić information content (AvgIpc) is 2.81. The molecule has 4 nitrogen and oxygen atoms in total. The molecule has 2 N–H and O–H groups in total. The van der Waals surface area contributed by atoms with Crippen LogP contribution in [0.1, 0.15) is 31.4 Å². The number of H-pyrrole nitrogens is 1. The maximum Gasteiger partial charge on any atom is 0.153 e. The van der Waals surface area contributed by atoms with Crippen molar-refractivity contribution in [3.8, 4) is 0 Å². The normalized spacial score (nSPS) is 10.9. The van der Waals surface area contributed by atoms with E-state index < -0.39 is 0 Å². The molecule has 0 aliphatic carbocycles. The number of halogens is 1. The van der Waals surface area contributed by atoms with Gasteiger partial charge in [-0.05, 0) is 24.3 Å². The van der Waals surface area contributed by atoms with Crippen LogP contribution in [0.3, 0.4) is 0 Å². The smallest absolute Gasteiger partial charge is 0.153 e. The second kappa shape index (κ2) is 5.87. The van der Waals surface area contributed by atoms with Gasteiger partial charge in [0.1, 0.15) is 5.82 Å². The monoisotopic (exact) mass is 264 g/mol. The van der Waals surface area contributed by atoms with E-state index in [0.717, 1.165) is 35.3 Å². The third kappa shape index (κ3) is 3.47. The summed E-state index contributed by atoms with van der Waals surface area (Å²) in [6.07, 6.45) is 0.822. The Morgan fingerprint density at radius 2 is 2.00 bits per heavy atom. The Morgan fingerprint density at radius 3 is 2.61 bits per heavy atom. The number of rotatable bonds is 5. The summed E-state index contributed by atoms with van der Waals surface area (Å²) in [7, 11) is 0. The first kappa shape index (κ1) is 12.9. The van der Waals surface area contributed by atoms with Crippen molar-refractivity contribution in [3.05, 3.63) is 40.9 Å². The van der Waals surface area contributed by atoms with Crippen LogP contribution in [0.4, 0.5) is 5.69 Å². The molecule has 0 unspecified atom stereocenters. The van der Waals surface area contributed by atoms with Gasteiger partial charge in [0.25, 0.3) is 0 Å². The molecule has 2 rings (SSSR count). The third-order valence-corrected chi connectivity index (χ3v) is 2.85. The van der Waals surface area contributed by atoms with Crippen LogP contribution in [0.5, 0.6) is 0 Å². The lowest BCUT2D eigenvalue weighted by Gasteiger charge is -2.04. The lowest BCUT2D eigenvalue weighted by atomic mass is 10.2. The van der Waals surface area contributed by atoms with E-state index in [1.54, 1.807) is 0 Å². The van der Waals surface area contributed by atoms with Crippen LogP contribution < -0.4 is 5.32 Å². The summed E-state index contributed by atoms with van der Waals surface area (Å²) in [6, 6.07) is 7.66. The van der Waals surface area contributed by atoms with Gasteiger partial charge in [0.05, 0.1) is 0 Å². The van der Waals surface area contributed by atoms with Crippen molar-refractivity contribution in [3.63, 3.8) is 0 Å². The number of hydrogen-bond donors (Lipinski definition) is 2. The van der Waals surface area contributed by atoms with E-state index in [1.165, 1.54) is 0 Å². The molecule has 0 fully saturated rings. The summed E-state index contributed by atoms with van der Waals surface area (Å²) in [4.78, 5) is 4.43. The van der Waals surface area contributed by atoms with Crippen molar-refractivity contribution in [2.24, 2.45) is 0 Å². The number of hydrogen-bond acceptors (Lipinski definition) is 3. The molecule has 0 radical (unpaired) electrons. The lowest BCUT2D eigenvalue weighted by molar-refractivity contribution is 0.780.